The Balaban J connectivity index is 3.02. The molecule has 0 spiro atoms. The van der Waals surface area contributed by atoms with Crippen LogP contribution in [0, 0.1) is 6.92 Å². The van der Waals surface area contributed by atoms with E-state index in [4.69, 9.17) is 0 Å². The largest absolute Gasteiger partial charge is 0.388 e. The van der Waals surface area contributed by atoms with Crippen molar-refractivity contribution in [1.29, 1.82) is 0 Å². The molecule has 1 aromatic rings. The highest BCUT2D eigenvalue weighted by Crippen LogP contribution is 2.13. The molecule has 0 aromatic heterocycles. The zero-order chi connectivity index (χ0) is 8.27. The highest BCUT2D eigenvalue weighted by Gasteiger charge is 1.93. The lowest BCUT2D eigenvalue weighted by molar-refractivity contribution is 1.13. The van der Waals surface area contributed by atoms with Gasteiger partial charge in [0.05, 0.1) is 0 Å². The number of benzene rings is 1. The van der Waals surface area contributed by atoms with Gasteiger partial charge < -0.3 is 5.32 Å². The molecule has 0 fully saturated rings. The maximum absolute atomic E-state index is 3.14. The third-order valence-electron chi connectivity index (χ3n) is 1.83. The predicted octanol–water partition coefficient (Wildman–Crippen LogP) is 2.60. The molecule has 0 unspecified atom stereocenters. The van der Waals surface area contributed by atoms with E-state index in [-0.39, 0.29) is 0 Å². The van der Waals surface area contributed by atoms with E-state index in [0.717, 1.165) is 6.42 Å². The second kappa shape index (κ2) is 3.42. The van der Waals surface area contributed by atoms with Crippen LogP contribution < -0.4 is 5.32 Å². The van der Waals surface area contributed by atoms with E-state index in [1.165, 1.54) is 16.8 Å². The van der Waals surface area contributed by atoms with Crippen LogP contribution in [0.2, 0.25) is 0 Å². The van der Waals surface area contributed by atoms with Crippen molar-refractivity contribution in [3.63, 3.8) is 0 Å². The molecule has 0 bridgehead atoms. The first-order valence-corrected chi connectivity index (χ1v) is 4.04. The summed E-state index contributed by atoms with van der Waals surface area (Å²) in [6.07, 6.45) is 1.11. The summed E-state index contributed by atoms with van der Waals surface area (Å²) in [5.41, 5.74) is 3.94. The lowest BCUT2D eigenvalue weighted by Gasteiger charge is -2.04. The number of aryl methyl sites for hydroxylation is 2. The first kappa shape index (κ1) is 8.12. The average molecular weight is 149 g/mol. The topological polar surface area (TPSA) is 12.0 Å². The van der Waals surface area contributed by atoms with Gasteiger partial charge in [-0.1, -0.05) is 13.0 Å². The SMILES string of the molecule is CCc1cc(C)cc(NC)c1. The molecular weight excluding hydrogens is 134 g/mol. The third kappa shape index (κ3) is 1.97. The minimum atomic E-state index is 1.11. The van der Waals surface area contributed by atoms with Crippen molar-refractivity contribution in [2.45, 2.75) is 20.3 Å². The Morgan fingerprint density at radius 2 is 2.00 bits per heavy atom. The first-order chi connectivity index (χ1) is 5.26. The lowest BCUT2D eigenvalue weighted by atomic mass is 10.1. The first-order valence-electron chi connectivity index (χ1n) is 4.04. The van der Waals surface area contributed by atoms with Crippen molar-refractivity contribution in [3.8, 4) is 0 Å². The summed E-state index contributed by atoms with van der Waals surface area (Å²) >= 11 is 0. The zero-order valence-corrected chi connectivity index (χ0v) is 7.44. The summed E-state index contributed by atoms with van der Waals surface area (Å²) in [6.45, 7) is 4.30. The summed E-state index contributed by atoms with van der Waals surface area (Å²) in [5, 5.41) is 3.14. The fraction of sp³-hybridized carbons (Fsp3) is 0.400. The summed E-state index contributed by atoms with van der Waals surface area (Å²) < 4.78 is 0. The molecule has 0 heterocycles. The van der Waals surface area contributed by atoms with Crippen molar-refractivity contribution in [3.05, 3.63) is 29.3 Å². The van der Waals surface area contributed by atoms with Gasteiger partial charge in [-0.25, -0.2) is 0 Å². The maximum Gasteiger partial charge on any atom is 0.0342 e. The van der Waals surface area contributed by atoms with Gasteiger partial charge in [0, 0.05) is 12.7 Å². The van der Waals surface area contributed by atoms with Crippen LogP contribution in [0.25, 0.3) is 0 Å². The summed E-state index contributed by atoms with van der Waals surface area (Å²) in [5.74, 6) is 0. The molecule has 1 nitrogen and oxygen atoms in total. The number of hydrogen-bond acceptors (Lipinski definition) is 1. The monoisotopic (exact) mass is 149 g/mol. The fourth-order valence-corrected chi connectivity index (χ4v) is 1.21. The van der Waals surface area contributed by atoms with Gasteiger partial charge in [-0.05, 0) is 36.6 Å². The Morgan fingerprint density at radius 3 is 2.55 bits per heavy atom. The quantitative estimate of drug-likeness (QED) is 0.681. The normalized spacial score (nSPS) is 9.73. The van der Waals surface area contributed by atoms with Gasteiger partial charge >= 0.3 is 0 Å². The van der Waals surface area contributed by atoms with E-state index in [0.29, 0.717) is 0 Å². The number of rotatable bonds is 2. The van der Waals surface area contributed by atoms with Crippen molar-refractivity contribution >= 4 is 5.69 Å². The van der Waals surface area contributed by atoms with Gasteiger partial charge in [-0.3, -0.25) is 0 Å². The lowest BCUT2D eigenvalue weighted by Crippen LogP contribution is -1.90. The van der Waals surface area contributed by atoms with Crippen LogP contribution in [0.4, 0.5) is 5.69 Å². The minimum Gasteiger partial charge on any atom is -0.388 e. The number of anilines is 1. The highest BCUT2D eigenvalue weighted by molar-refractivity contribution is 5.48. The molecule has 11 heavy (non-hydrogen) atoms. The Kier molecular flexibility index (Phi) is 2.53. The molecule has 0 amide bonds. The van der Waals surface area contributed by atoms with E-state index < -0.39 is 0 Å². The van der Waals surface area contributed by atoms with Crippen molar-refractivity contribution in [2.75, 3.05) is 12.4 Å². The standard InChI is InChI=1S/C10H15N/c1-4-9-5-8(2)6-10(7-9)11-3/h5-7,11H,4H2,1-3H3. The predicted molar refractivity (Wildman–Crippen MR) is 50.1 cm³/mol. The molecule has 60 valence electrons. The van der Waals surface area contributed by atoms with E-state index in [9.17, 15) is 0 Å². The van der Waals surface area contributed by atoms with Crippen molar-refractivity contribution in [2.24, 2.45) is 0 Å². The molecule has 0 saturated heterocycles. The Hall–Kier alpha value is -0.980. The van der Waals surface area contributed by atoms with Gasteiger partial charge in [0.2, 0.25) is 0 Å². The van der Waals surface area contributed by atoms with E-state index in [1.807, 2.05) is 7.05 Å². The summed E-state index contributed by atoms with van der Waals surface area (Å²) in [4.78, 5) is 0. The molecule has 0 atom stereocenters. The summed E-state index contributed by atoms with van der Waals surface area (Å²) in [6, 6.07) is 6.56. The van der Waals surface area contributed by atoms with Crippen molar-refractivity contribution < 1.29 is 0 Å². The van der Waals surface area contributed by atoms with Gasteiger partial charge in [0.15, 0.2) is 0 Å². The Morgan fingerprint density at radius 1 is 1.27 bits per heavy atom. The van der Waals surface area contributed by atoms with Gasteiger partial charge in [0.1, 0.15) is 0 Å². The molecule has 1 N–H and O–H groups in total. The zero-order valence-electron chi connectivity index (χ0n) is 7.44. The molecule has 0 radical (unpaired) electrons. The molecule has 1 heteroatoms. The van der Waals surface area contributed by atoms with E-state index in [1.54, 1.807) is 0 Å². The van der Waals surface area contributed by atoms with E-state index in [2.05, 4.69) is 37.4 Å². The van der Waals surface area contributed by atoms with Crippen molar-refractivity contribution in [1.82, 2.24) is 0 Å². The van der Waals surface area contributed by atoms with Crippen LogP contribution in [-0.4, -0.2) is 7.05 Å². The highest BCUT2D eigenvalue weighted by atomic mass is 14.8. The van der Waals surface area contributed by atoms with Crippen LogP contribution in [-0.2, 0) is 6.42 Å². The summed E-state index contributed by atoms with van der Waals surface area (Å²) in [7, 11) is 1.95. The number of nitrogens with one attached hydrogen (secondary N) is 1. The van der Waals surface area contributed by atoms with Crippen LogP contribution in [0.15, 0.2) is 18.2 Å². The van der Waals surface area contributed by atoms with Crippen LogP contribution >= 0.6 is 0 Å². The molecule has 1 rings (SSSR count). The van der Waals surface area contributed by atoms with Crippen LogP contribution in [0.5, 0.6) is 0 Å². The van der Waals surface area contributed by atoms with Gasteiger partial charge in [-0.2, -0.15) is 0 Å². The second-order valence-corrected chi connectivity index (χ2v) is 2.81. The maximum atomic E-state index is 3.14. The third-order valence-corrected chi connectivity index (χ3v) is 1.83. The smallest absolute Gasteiger partial charge is 0.0342 e. The number of hydrogen-bond donors (Lipinski definition) is 1. The fourth-order valence-electron chi connectivity index (χ4n) is 1.21. The molecule has 0 saturated carbocycles. The Bertz CT molecular complexity index is 218. The molecule has 1 aromatic carbocycles. The van der Waals surface area contributed by atoms with Gasteiger partial charge in [-0.15, -0.1) is 0 Å². The average Bonchev–Trinajstić information content (AvgIpc) is 2.03. The van der Waals surface area contributed by atoms with Crippen LogP contribution in [0.3, 0.4) is 0 Å². The molecule has 0 aliphatic carbocycles. The second-order valence-electron chi connectivity index (χ2n) is 2.81. The molecule has 0 aliphatic heterocycles. The van der Waals surface area contributed by atoms with Gasteiger partial charge in [0.25, 0.3) is 0 Å². The molecule has 0 aliphatic rings. The minimum absolute atomic E-state index is 1.11. The molecular formula is C10H15N. The Labute approximate surface area is 68.4 Å². The van der Waals surface area contributed by atoms with E-state index >= 15 is 0 Å². The van der Waals surface area contributed by atoms with Crippen LogP contribution in [0.1, 0.15) is 18.1 Å².